The van der Waals surface area contributed by atoms with E-state index in [2.05, 4.69) is 20.9 Å². The molecule has 0 saturated carbocycles. The molecule has 0 atom stereocenters. The summed E-state index contributed by atoms with van der Waals surface area (Å²) >= 11 is 3.12. The molecule has 0 radical (unpaired) electrons. The highest BCUT2D eigenvalue weighted by atomic mass is 79.9. The summed E-state index contributed by atoms with van der Waals surface area (Å²) in [7, 11) is 1.45. The minimum absolute atomic E-state index is 0.0324. The molecule has 0 amide bonds. The van der Waals surface area contributed by atoms with Crippen LogP contribution < -0.4 is 4.74 Å². The van der Waals surface area contributed by atoms with Gasteiger partial charge < -0.3 is 9.84 Å². The zero-order chi connectivity index (χ0) is 7.56. The molecule has 1 aromatic heterocycles. The van der Waals surface area contributed by atoms with Gasteiger partial charge in [-0.1, -0.05) is 0 Å². The lowest BCUT2D eigenvalue weighted by molar-refractivity contribution is 0.357. The Bertz CT molecular complexity index is 239. The quantitative estimate of drug-likeness (QED) is 0.754. The molecule has 0 fully saturated rings. The molecule has 0 saturated heterocycles. The maximum Gasteiger partial charge on any atom is 0.257 e. The Morgan fingerprint density at radius 3 is 2.90 bits per heavy atom. The first-order chi connectivity index (χ1) is 4.75. The van der Waals surface area contributed by atoms with Crippen molar-refractivity contribution in [2.45, 2.75) is 0 Å². The molecule has 1 aromatic rings. The molecule has 54 valence electrons. The van der Waals surface area contributed by atoms with Crippen LogP contribution in [-0.2, 0) is 0 Å². The number of methoxy groups -OCH3 is 1. The number of pyridine rings is 1. The van der Waals surface area contributed by atoms with E-state index in [0.29, 0.717) is 4.47 Å². The molecule has 0 aromatic carbocycles. The maximum absolute atomic E-state index is 9.16. The summed E-state index contributed by atoms with van der Waals surface area (Å²) in [6.45, 7) is 0. The summed E-state index contributed by atoms with van der Waals surface area (Å²) in [5.41, 5.74) is 0. The van der Waals surface area contributed by atoms with Gasteiger partial charge in [-0.15, -0.1) is 0 Å². The van der Waals surface area contributed by atoms with Crippen LogP contribution in [0.4, 0.5) is 0 Å². The van der Waals surface area contributed by atoms with Gasteiger partial charge in [-0.3, -0.25) is 0 Å². The van der Waals surface area contributed by atoms with Gasteiger partial charge in [0.05, 0.1) is 11.6 Å². The first-order valence-corrected chi connectivity index (χ1v) is 3.42. The predicted octanol–water partition coefficient (Wildman–Crippen LogP) is 1.56. The van der Waals surface area contributed by atoms with Crippen molar-refractivity contribution < 1.29 is 9.84 Å². The molecule has 1 N–H and O–H groups in total. The number of nitrogens with zero attached hydrogens (tertiary/aromatic N) is 1. The average Bonchev–Trinajstić information content (AvgIpc) is 1.95. The Balaban J connectivity index is 3.14. The van der Waals surface area contributed by atoms with Crippen molar-refractivity contribution in [1.82, 2.24) is 4.98 Å². The smallest absolute Gasteiger partial charge is 0.257 e. The lowest BCUT2D eigenvalue weighted by atomic mass is 10.4. The topological polar surface area (TPSA) is 42.4 Å². The van der Waals surface area contributed by atoms with Crippen LogP contribution in [0.25, 0.3) is 0 Å². The summed E-state index contributed by atoms with van der Waals surface area (Å²) in [4.78, 5) is 3.76. The van der Waals surface area contributed by atoms with Gasteiger partial charge in [-0.05, 0) is 22.0 Å². The Morgan fingerprint density at radius 2 is 2.40 bits per heavy atom. The number of aromatic hydroxyl groups is 1. The lowest BCUT2D eigenvalue weighted by Gasteiger charge is -2.00. The van der Waals surface area contributed by atoms with Crippen LogP contribution >= 0.6 is 15.9 Å². The third-order valence-electron chi connectivity index (χ3n) is 1.03. The molecular weight excluding hydrogens is 198 g/mol. The number of rotatable bonds is 1. The number of ether oxygens (including phenoxy) is 1. The third kappa shape index (κ3) is 1.21. The van der Waals surface area contributed by atoms with Crippen molar-refractivity contribution in [3.8, 4) is 11.6 Å². The number of halogens is 1. The van der Waals surface area contributed by atoms with Gasteiger partial charge in [0.15, 0.2) is 5.75 Å². The van der Waals surface area contributed by atoms with E-state index in [1.54, 1.807) is 12.3 Å². The van der Waals surface area contributed by atoms with E-state index in [9.17, 15) is 0 Å². The number of hydrogen-bond donors (Lipinski definition) is 1. The minimum atomic E-state index is 0.0324. The largest absolute Gasteiger partial charge is 0.502 e. The third-order valence-corrected chi connectivity index (χ3v) is 1.67. The fraction of sp³-hybridized carbons (Fsp3) is 0.167. The van der Waals surface area contributed by atoms with Crippen LogP contribution in [0.3, 0.4) is 0 Å². The summed E-state index contributed by atoms with van der Waals surface area (Å²) in [5, 5.41) is 9.16. The van der Waals surface area contributed by atoms with Gasteiger partial charge in [0.1, 0.15) is 0 Å². The zero-order valence-corrected chi connectivity index (χ0v) is 6.92. The summed E-state index contributed by atoms with van der Waals surface area (Å²) in [6, 6.07) is 1.64. The predicted molar refractivity (Wildman–Crippen MR) is 40.2 cm³/mol. The lowest BCUT2D eigenvalue weighted by Crippen LogP contribution is -1.86. The van der Waals surface area contributed by atoms with E-state index in [1.165, 1.54) is 7.11 Å². The first kappa shape index (κ1) is 7.34. The second kappa shape index (κ2) is 2.88. The molecule has 0 aliphatic heterocycles. The molecule has 0 spiro atoms. The second-order valence-corrected chi connectivity index (χ2v) is 2.50. The van der Waals surface area contributed by atoms with Crippen LogP contribution in [0.5, 0.6) is 11.6 Å². The minimum Gasteiger partial charge on any atom is -0.502 e. The molecule has 1 heterocycles. The summed E-state index contributed by atoms with van der Waals surface area (Å²) < 4.78 is 5.32. The Labute approximate surface area is 66.8 Å². The average molecular weight is 204 g/mol. The zero-order valence-electron chi connectivity index (χ0n) is 5.34. The van der Waals surface area contributed by atoms with E-state index in [0.717, 1.165) is 0 Å². The highest BCUT2D eigenvalue weighted by molar-refractivity contribution is 9.10. The SMILES string of the molecule is COc1nccc(Br)c1O. The van der Waals surface area contributed by atoms with Gasteiger partial charge in [-0.2, -0.15) is 0 Å². The molecule has 3 nitrogen and oxygen atoms in total. The molecule has 0 unspecified atom stereocenters. The van der Waals surface area contributed by atoms with Crippen LogP contribution in [0, 0.1) is 0 Å². The normalized spacial score (nSPS) is 9.40. The standard InChI is InChI=1S/C6H6BrNO2/c1-10-6-5(9)4(7)2-3-8-6/h2-3,9H,1H3. The fourth-order valence-corrected chi connectivity index (χ4v) is 0.850. The van der Waals surface area contributed by atoms with E-state index >= 15 is 0 Å². The Kier molecular flexibility index (Phi) is 2.11. The van der Waals surface area contributed by atoms with Crippen LogP contribution in [0.15, 0.2) is 16.7 Å². The van der Waals surface area contributed by atoms with Crippen molar-refractivity contribution in [2.75, 3.05) is 7.11 Å². The number of aromatic nitrogens is 1. The van der Waals surface area contributed by atoms with Crippen molar-refractivity contribution in [2.24, 2.45) is 0 Å². The molecule has 0 aliphatic rings. The molecule has 1 rings (SSSR count). The van der Waals surface area contributed by atoms with E-state index in [4.69, 9.17) is 9.84 Å². The maximum atomic E-state index is 9.16. The monoisotopic (exact) mass is 203 g/mol. The van der Waals surface area contributed by atoms with Gasteiger partial charge >= 0.3 is 0 Å². The highest BCUT2D eigenvalue weighted by Gasteiger charge is 2.04. The van der Waals surface area contributed by atoms with E-state index in [-0.39, 0.29) is 11.6 Å². The summed E-state index contributed by atoms with van der Waals surface area (Å²) in [5.74, 6) is 0.263. The first-order valence-electron chi connectivity index (χ1n) is 2.63. The fourth-order valence-electron chi connectivity index (χ4n) is 0.562. The molecule has 0 aliphatic carbocycles. The van der Waals surface area contributed by atoms with E-state index < -0.39 is 0 Å². The van der Waals surface area contributed by atoms with Crippen molar-refractivity contribution in [3.63, 3.8) is 0 Å². The van der Waals surface area contributed by atoms with Gasteiger partial charge in [0.2, 0.25) is 0 Å². The highest BCUT2D eigenvalue weighted by Crippen LogP contribution is 2.30. The van der Waals surface area contributed by atoms with Crippen LogP contribution in [0.2, 0.25) is 0 Å². The second-order valence-electron chi connectivity index (χ2n) is 1.65. The van der Waals surface area contributed by atoms with Crippen molar-refractivity contribution in [1.29, 1.82) is 0 Å². The van der Waals surface area contributed by atoms with Gasteiger partial charge in [0, 0.05) is 6.20 Å². The Morgan fingerprint density at radius 1 is 1.70 bits per heavy atom. The Hall–Kier alpha value is -0.770. The van der Waals surface area contributed by atoms with Crippen molar-refractivity contribution in [3.05, 3.63) is 16.7 Å². The molecule has 0 bridgehead atoms. The van der Waals surface area contributed by atoms with Crippen LogP contribution in [0.1, 0.15) is 0 Å². The van der Waals surface area contributed by atoms with Crippen molar-refractivity contribution >= 4 is 15.9 Å². The molecule has 4 heteroatoms. The van der Waals surface area contributed by atoms with E-state index in [1.807, 2.05) is 0 Å². The van der Waals surface area contributed by atoms with Gasteiger partial charge in [0.25, 0.3) is 5.88 Å². The molecule has 10 heavy (non-hydrogen) atoms. The van der Waals surface area contributed by atoms with Crippen LogP contribution in [-0.4, -0.2) is 17.2 Å². The molecular formula is C6H6BrNO2. The summed E-state index contributed by atoms with van der Waals surface area (Å²) in [6.07, 6.45) is 1.54. The van der Waals surface area contributed by atoms with Gasteiger partial charge in [-0.25, -0.2) is 4.98 Å². The number of hydrogen-bond acceptors (Lipinski definition) is 3.